The first-order valence-electron chi connectivity index (χ1n) is 12.8. The molecule has 1 fully saturated rings. The molecule has 0 amide bonds. The Balaban J connectivity index is 1.40. The Morgan fingerprint density at radius 2 is 1.79 bits per heavy atom. The molecule has 0 saturated heterocycles. The molecule has 1 unspecified atom stereocenters. The Bertz CT molecular complexity index is 996. The number of aryl methyl sites for hydroxylation is 1. The average molecular weight is 444 g/mol. The summed E-state index contributed by atoms with van der Waals surface area (Å²) in [6.45, 7) is 12.9. The van der Waals surface area contributed by atoms with E-state index in [0.717, 1.165) is 44.5 Å². The molecule has 1 saturated carbocycles. The lowest BCUT2D eigenvalue weighted by Crippen LogP contribution is -2.50. The van der Waals surface area contributed by atoms with Crippen molar-refractivity contribution in [3.8, 4) is 0 Å². The minimum atomic E-state index is -0.169. The van der Waals surface area contributed by atoms with Crippen molar-refractivity contribution in [2.75, 3.05) is 0 Å². The largest absolute Gasteiger partial charge is 0.384 e. The first-order chi connectivity index (χ1) is 15.9. The van der Waals surface area contributed by atoms with E-state index in [9.17, 15) is 0 Å². The van der Waals surface area contributed by atoms with Crippen LogP contribution < -0.4 is 11.1 Å². The molecular weight excluding hydrogens is 402 g/mol. The van der Waals surface area contributed by atoms with E-state index in [2.05, 4.69) is 86.1 Å². The summed E-state index contributed by atoms with van der Waals surface area (Å²) in [5.74, 6) is 0. The molecule has 2 aromatic rings. The fraction of sp³-hybridized carbons (Fsp3) is 0.467. The van der Waals surface area contributed by atoms with Gasteiger partial charge in [-0.3, -0.25) is 0 Å². The second-order valence-corrected chi connectivity index (χ2v) is 10.3. The van der Waals surface area contributed by atoms with Crippen molar-refractivity contribution in [1.82, 2.24) is 10.2 Å². The number of benzene rings is 2. The van der Waals surface area contributed by atoms with E-state index in [1.165, 1.54) is 52.8 Å². The molecule has 0 aromatic heterocycles. The minimum Gasteiger partial charge on any atom is -0.384 e. The minimum absolute atomic E-state index is 0.169. The van der Waals surface area contributed by atoms with Gasteiger partial charge < -0.3 is 16.0 Å². The van der Waals surface area contributed by atoms with Crippen LogP contribution in [0.25, 0.3) is 5.70 Å². The molecule has 1 heterocycles. The number of nitrogens with zero attached hydrogens (tertiary/aromatic N) is 1. The van der Waals surface area contributed by atoms with E-state index in [4.69, 9.17) is 5.73 Å². The summed E-state index contributed by atoms with van der Waals surface area (Å²) in [5, 5.41) is 3.81. The zero-order chi connectivity index (χ0) is 23.4. The summed E-state index contributed by atoms with van der Waals surface area (Å²) in [5.41, 5.74) is 15.8. The molecule has 2 aliphatic rings. The maximum atomic E-state index is 6.86. The number of fused-ring (bicyclic) bond motifs is 1. The van der Waals surface area contributed by atoms with Gasteiger partial charge in [0.2, 0.25) is 0 Å². The van der Waals surface area contributed by atoms with Gasteiger partial charge >= 0.3 is 0 Å². The van der Waals surface area contributed by atoms with Gasteiger partial charge in [0.15, 0.2) is 0 Å². The average Bonchev–Trinajstić information content (AvgIpc) is 3.23. The molecule has 0 spiro atoms. The normalized spacial score (nSPS) is 18.7. The zero-order valence-corrected chi connectivity index (χ0v) is 20.8. The highest BCUT2D eigenvalue weighted by molar-refractivity contribution is 5.63. The van der Waals surface area contributed by atoms with E-state index >= 15 is 0 Å². The van der Waals surface area contributed by atoms with Gasteiger partial charge in [-0.25, -0.2) is 0 Å². The molecule has 176 valence electrons. The van der Waals surface area contributed by atoms with Gasteiger partial charge in [-0.1, -0.05) is 86.9 Å². The lowest BCUT2D eigenvalue weighted by Gasteiger charge is -2.38. The van der Waals surface area contributed by atoms with Crippen molar-refractivity contribution in [2.45, 2.75) is 90.4 Å². The Labute approximate surface area is 200 Å². The van der Waals surface area contributed by atoms with E-state index in [-0.39, 0.29) is 5.54 Å². The van der Waals surface area contributed by atoms with Gasteiger partial charge in [0, 0.05) is 30.5 Å². The van der Waals surface area contributed by atoms with Crippen LogP contribution in [0.1, 0.15) is 80.2 Å². The number of hydrogen-bond donors (Lipinski definition) is 2. The quantitative estimate of drug-likeness (QED) is 0.492. The number of hydrogen-bond acceptors (Lipinski definition) is 3. The highest BCUT2D eigenvalue weighted by Gasteiger charge is 2.32. The first-order valence-corrected chi connectivity index (χ1v) is 12.8. The highest BCUT2D eigenvalue weighted by Crippen LogP contribution is 2.33. The van der Waals surface area contributed by atoms with Crippen LogP contribution >= 0.6 is 0 Å². The number of rotatable bonds is 8. The maximum Gasteiger partial charge on any atom is 0.0555 e. The van der Waals surface area contributed by atoms with Crippen LogP contribution in [0.4, 0.5) is 0 Å². The molecule has 1 aliphatic heterocycles. The molecule has 1 atom stereocenters. The Morgan fingerprint density at radius 3 is 2.48 bits per heavy atom. The monoisotopic (exact) mass is 443 g/mol. The standard InChI is InChI=1S/C30H41N3/c1-5-9-29(30(31)16-7-6-8-17-30)32-23(3)18-25-12-15-27-20-33(21-28(27)19-25)24(4)26-13-10-22(2)11-14-26/h9-15,19,23,32H,4-8,16-18,20-21,31H2,1-3H3/b29-9+. The Morgan fingerprint density at radius 1 is 1.09 bits per heavy atom. The van der Waals surface area contributed by atoms with Gasteiger partial charge in [0.1, 0.15) is 0 Å². The van der Waals surface area contributed by atoms with Crippen LogP contribution in [0.2, 0.25) is 0 Å². The lowest BCUT2D eigenvalue weighted by atomic mass is 9.79. The summed E-state index contributed by atoms with van der Waals surface area (Å²) in [6.07, 6.45) is 10.3. The second-order valence-electron chi connectivity index (χ2n) is 10.3. The fourth-order valence-electron chi connectivity index (χ4n) is 5.43. The van der Waals surface area contributed by atoms with Gasteiger partial charge in [0.25, 0.3) is 0 Å². The third-order valence-electron chi connectivity index (χ3n) is 7.39. The molecule has 3 heteroatoms. The van der Waals surface area contributed by atoms with E-state index in [1.54, 1.807) is 0 Å². The molecule has 0 radical (unpaired) electrons. The summed E-state index contributed by atoms with van der Waals surface area (Å²) in [6, 6.07) is 16.0. The molecule has 0 bridgehead atoms. The van der Waals surface area contributed by atoms with Crippen LogP contribution in [0.3, 0.4) is 0 Å². The molecule has 33 heavy (non-hydrogen) atoms. The summed E-state index contributed by atoms with van der Waals surface area (Å²) in [7, 11) is 0. The van der Waals surface area contributed by atoms with Crippen molar-refractivity contribution in [3.63, 3.8) is 0 Å². The fourth-order valence-corrected chi connectivity index (χ4v) is 5.43. The summed E-state index contributed by atoms with van der Waals surface area (Å²) < 4.78 is 0. The molecule has 2 aromatic carbocycles. The van der Waals surface area contributed by atoms with Crippen molar-refractivity contribution in [3.05, 3.63) is 88.6 Å². The topological polar surface area (TPSA) is 41.3 Å². The van der Waals surface area contributed by atoms with E-state index in [1.807, 2.05) is 0 Å². The SMILES string of the molecule is C=C(c1ccc(C)cc1)N1Cc2ccc(CC(C)N/C(=C/CC)C3(N)CCCCC3)cc2C1. The molecule has 4 rings (SSSR count). The van der Waals surface area contributed by atoms with Crippen LogP contribution in [0.15, 0.2) is 60.8 Å². The third kappa shape index (κ3) is 5.52. The van der Waals surface area contributed by atoms with Crippen molar-refractivity contribution in [2.24, 2.45) is 5.73 Å². The summed E-state index contributed by atoms with van der Waals surface area (Å²) in [4.78, 5) is 2.39. The first kappa shape index (κ1) is 23.6. The van der Waals surface area contributed by atoms with Crippen molar-refractivity contribution >= 4 is 5.70 Å². The molecular formula is C30H41N3. The smallest absolute Gasteiger partial charge is 0.0555 e. The second kappa shape index (κ2) is 10.2. The van der Waals surface area contributed by atoms with Gasteiger partial charge in [-0.15, -0.1) is 0 Å². The van der Waals surface area contributed by atoms with E-state index in [0.29, 0.717) is 6.04 Å². The third-order valence-corrected chi connectivity index (χ3v) is 7.39. The molecule has 3 N–H and O–H groups in total. The zero-order valence-electron chi connectivity index (χ0n) is 20.8. The van der Waals surface area contributed by atoms with Crippen LogP contribution in [-0.4, -0.2) is 16.5 Å². The van der Waals surface area contributed by atoms with Gasteiger partial charge in [0.05, 0.1) is 5.54 Å². The molecule has 3 nitrogen and oxygen atoms in total. The number of nitrogens with two attached hydrogens (primary N) is 1. The summed E-state index contributed by atoms with van der Waals surface area (Å²) >= 11 is 0. The Hall–Kier alpha value is -2.52. The molecule has 1 aliphatic carbocycles. The highest BCUT2D eigenvalue weighted by atomic mass is 15.1. The number of nitrogens with one attached hydrogen (secondary N) is 1. The van der Waals surface area contributed by atoms with Crippen LogP contribution in [-0.2, 0) is 19.5 Å². The van der Waals surface area contributed by atoms with Crippen LogP contribution in [0, 0.1) is 6.92 Å². The number of allylic oxidation sites excluding steroid dienone is 1. The predicted molar refractivity (Wildman–Crippen MR) is 141 cm³/mol. The Kier molecular flexibility index (Phi) is 7.29. The van der Waals surface area contributed by atoms with Crippen molar-refractivity contribution in [1.29, 1.82) is 0 Å². The predicted octanol–water partition coefficient (Wildman–Crippen LogP) is 6.46. The lowest BCUT2D eigenvalue weighted by molar-refractivity contribution is 0.319. The van der Waals surface area contributed by atoms with Crippen molar-refractivity contribution < 1.29 is 0 Å². The van der Waals surface area contributed by atoms with E-state index < -0.39 is 0 Å². The van der Waals surface area contributed by atoms with Gasteiger partial charge in [-0.2, -0.15) is 0 Å². The van der Waals surface area contributed by atoms with Gasteiger partial charge in [-0.05, 0) is 61.8 Å². The maximum absolute atomic E-state index is 6.86. The van der Waals surface area contributed by atoms with Crippen LogP contribution in [0.5, 0.6) is 0 Å².